The van der Waals surface area contributed by atoms with Gasteiger partial charge in [-0.15, -0.1) is 0 Å². The average molecular weight is 295 g/mol. The van der Waals surface area contributed by atoms with E-state index in [1.54, 1.807) is 0 Å². The van der Waals surface area contributed by atoms with E-state index in [0.29, 0.717) is 18.0 Å². The molecule has 0 saturated carbocycles. The molecule has 2 aromatic carbocycles. The number of hydrogen-bond donors (Lipinski definition) is 3. The van der Waals surface area contributed by atoms with Crippen LogP contribution >= 0.6 is 0 Å². The van der Waals surface area contributed by atoms with E-state index in [2.05, 4.69) is 76.6 Å². The van der Waals surface area contributed by atoms with Crippen LogP contribution < -0.4 is 16.0 Å². The van der Waals surface area contributed by atoms with Gasteiger partial charge in [0.05, 0.1) is 0 Å². The second-order valence-electron chi connectivity index (χ2n) is 5.98. The average Bonchev–Trinajstić information content (AvgIpc) is 3.04. The summed E-state index contributed by atoms with van der Waals surface area (Å²) in [6.45, 7) is 1.89. The number of benzene rings is 2. The second kappa shape index (κ2) is 7.54. The normalized spacial score (nSPS) is 21.4. The van der Waals surface area contributed by atoms with E-state index >= 15 is 0 Å². The maximum absolute atomic E-state index is 3.72. The highest BCUT2D eigenvalue weighted by Crippen LogP contribution is 2.31. The molecule has 0 amide bonds. The van der Waals surface area contributed by atoms with Crippen molar-refractivity contribution in [2.45, 2.75) is 24.4 Å². The highest BCUT2D eigenvalue weighted by atomic mass is 15.1. The second-order valence-corrected chi connectivity index (χ2v) is 5.98. The summed E-state index contributed by atoms with van der Waals surface area (Å²) in [5.41, 5.74) is 2.78. The summed E-state index contributed by atoms with van der Waals surface area (Å²) in [6.07, 6.45) is 1.15. The lowest BCUT2D eigenvalue weighted by molar-refractivity contribution is 0.495. The van der Waals surface area contributed by atoms with Gasteiger partial charge in [0.15, 0.2) is 0 Å². The van der Waals surface area contributed by atoms with Crippen molar-refractivity contribution in [1.82, 2.24) is 16.0 Å². The maximum atomic E-state index is 3.72. The smallest absolute Gasteiger partial charge is 0.0454 e. The third-order valence-electron chi connectivity index (χ3n) is 4.45. The van der Waals surface area contributed by atoms with Crippen molar-refractivity contribution in [1.29, 1.82) is 0 Å². The zero-order valence-corrected chi connectivity index (χ0v) is 13.1. The van der Waals surface area contributed by atoms with E-state index in [1.165, 1.54) is 11.1 Å². The summed E-state index contributed by atoms with van der Waals surface area (Å²) in [7, 11) is 1.98. The van der Waals surface area contributed by atoms with Gasteiger partial charge in [-0.2, -0.15) is 0 Å². The van der Waals surface area contributed by atoms with Crippen LogP contribution in [0.25, 0.3) is 0 Å². The summed E-state index contributed by atoms with van der Waals surface area (Å²) >= 11 is 0. The maximum Gasteiger partial charge on any atom is 0.0454 e. The zero-order chi connectivity index (χ0) is 15.2. The van der Waals surface area contributed by atoms with Crippen LogP contribution in [-0.2, 0) is 0 Å². The van der Waals surface area contributed by atoms with Crippen molar-refractivity contribution in [3.05, 3.63) is 71.8 Å². The molecule has 0 aliphatic carbocycles. The van der Waals surface area contributed by atoms with Gasteiger partial charge in [-0.1, -0.05) is 60.7 Å². The lowest BCUT2D eigenvalue weighted by Crippen LogP contribution is -2.36. The molecule has 116 valence electrons. The van der Waals surface area contributed by atoms with Crippen LogP contribution in [0.2, 0.25) is 0 Å². The largest absolute Gasteiger partial charge is 0.311 e. The monoisotopic (exact) mass is 295 g/mol. The Bertz CT molecular complexity index is 516. The van der Waals surface area contributed by atoms with Crippen molar-refractivity contribution < 1.29 is 0 Å². The Labute approximate surface area is 133 Å². The Hall–Kier alpha value is -1.68. The number of nitrogens with one attached hydrogen (secondary N) is 3. The lowest BCUT2D eigenvalue weighted by Gasteiger charge is -2.25. The Kier molecular flexibility index (Phi) is 5.22. The molecule has 3 rings (SSSR count). The molecule has 22 heavy (non-hydrogen) atoms. The molecular weight excluding hydrogens is 270 g/mol. The van der Waals surface area contributed by atoms with Crippen LogP contribution in [-0.4, -0.2) is 32.3 Å². The van der Waals surface area contributed by atoms with E-state index in [1.807, 2.05) is 7.05 Å². The van der Waals surface area contributed by atoms with Gasteiger partial charge in [0.1, 0.15) is 0 Å². The van der Waals surface area contributed by atoms with Gasteiger partial charge < -0.3 is 16.0 Å². The topological polar surface area (TPSA) is 36.1 Å². The molecule has 1 fully saturated rings. The fourth-order valence-electron chi connectivity index (χ4n) is 3.40. The summed E-state index contributed by atoms with van der Waals surface area (Å²) in [5, 5.41) is 10.4. The van der Waals surface area contributed by atoms with Gasteiger partial charge in [-0.3, -0.25) is 0 Å². The van der Waals surface area contributed by atoms with Gasteiger partial charge in [-0.05, 0) is 24.6 Å². The molecule has 0 radical (unpaired) electrons. The first-order valence-electron chi connectivity index (χ1n) is 8.09. The zero-order valence-electron chi connectivity index (χ0n) is 13.1. The molecule has 1 aliphatic heterocycles. The molecule has 3 heteroatoms. The van der Waals surface area contributed by atoms with E-state index in [0.717, 1.165) is 19.6 Å². The minimum absolute atomic E-state index is 0.406. The van der Waals surface area contributed by atoms with Gasteiger partial charge in [0.25, 0.3) is 0 Å². The van der Waals surface area contributed by atoms with E-state index < -0.39 is 0 Å². The van der Waals surface area contributed by atoms with Crippen molar-refractivity contribution in [3.8, 4) is 0 Å². The first kappa shape index (κ1) is 15.2. The number of hydrogen-bond acceptors (Lipinski definition) is 3. The standard InChI is InChI=1S/C19H25N3/c1-20-14-22-17-12-18(21-13-17)19(15-8-4-2-5-9-15)16-10-6-3-7-11-16/h2-11,17-22H,12-14H2,1H3. The summed E-state index contributed by atoms with van der Waals surface area (Å²) in [4.78, 5) is 0. The molecule has 0 bridgehead atoms. The first-order valence-corrected chi connectivity index (χ1v) is 8.09. The van der Waals surface area contributed by atoms with E-state index in [9.17, 15) is 0 Å². The SMILES string of the molecule is CNCNC1CNC(C(c2ccccc2)c2ccccc2)C1. The fraction of sp³-hybridized carbons (Fsp3) is 0.368. The quantitative estimate of drug-likeness (QED) is 0.716. The Morgan fingerprint density at radius 1 is 1.00 bits per heavy atom. The molecule has 0 spiro atoms. The molecule has 2 unspecified atom stereocenters. The molecule has 1 heterocycles. The highest BCUT2D eigenvalue weighted by Gasteiger charge is 2.31. The van der Waals surface area contributed by atoms with Crippen molar-refractivity contribution >= 4 is 0 Å². The van der Waals surface area contributed by atoms with Gasteiger partial charge in [0.2, 0.25) is 0 Å². The fourth-order valence-corrected chi connectivity index (χ4v) is 3.40. The van der Waals surface area contributed by atoms with Crippen molar-refractivity contribution in [2.24, 2.45) is 0 Å². The van der Waals surface area contributed by atoms with Gasteiger partial charge in [0, 0.05) is 31.2 Å². The molecular formula is C19H25N3. The van der Waals surface area contributed by atoms with Crippen LogP contribution in [0.3, 0.4) is 0 Å². The molecule has 1 saturated heterocycles. The van der Waals surface area contributed by atoms with E-state index in [4.69, 9.17) is 0 Å². The van der Waals surface area contributed by atoms with Crippen LogP contribution in [0.1, 0.15) is 23.5 Å². The Balaban J connectivity index is 1.81. The third-order valence-corrected chi connectivity index (χ3v) is 4.45. The Morgan fingerprint density at radius 2 is 1.59 bits per heavy atom. The predicted molar refractivity (Wildman–Crippen MR) is 92.0 cm³/mol. The number of rotatable bonds is 6. The summed E-state index contributed by atoms with van der Waals surface area (Å²) in [6, 6.07) is 22.7. The summed E-state index contributed by atoms with van der Waals surface area (Å²) < 4.78 is 0. The third kappa shape index (κ3) is 3.55. The minimum atomic E-state index is 0.406. The first-order chi connectivity index (χ1) is 10.9. The van der Waals surface area contributed by atoms with Gasteiger partial charge in [-0.25, -0.2) is 0 Å². The Morgan fingerprint density at radius 3 is 2.14 bits per heavy atom. The summed E-state index contributed by atoms with van der Waals surface area (Å²) in [5.74, 6) is 0.406. The predicted octanol–water partition coefficient (Wildman–Crippen LogP) is 2.32. The van der Waals surface area contributed by atoms with Crippen LogP contribution in [0.4, 0.5) is 0 Å². The molecule has 0 aromatic heterocycles. The van der Waals surface area contributed by atoms with E-state index in [-0.39, 0.29) is 0 Å². The highest BCUT2D eigenvalue weighted by molar-refractivity contribution is 5.34. The molecule has 2 aromatic rings. The lowest BCUT2D eigenvalue weighted by atomic mass is 9.84. The molecule has 1 aliphatic rings. The molecule has 3 nitrogen and oxygen atoms in total. The van der Waals surface area contributed by atoms with Crippen LogP contribution in [0, 0.1) is 0 Å². The minimum Gasteiger partial charge on any atom is -0.311 e. The molecule has 2 atom stereocenters. The van der Waals surface area contributed by atoms with Crippen molar-refractivity contribution in [2.75, 3.05) is 20.3 Å². The molecule has 3 N–H and O–H groups in total. The van der Waals surface area contributed by atoms with Crippen LogP contribution in [0.15, 0.2) is 60.7 Å². The van der Waals surface area contributed by atoms with Gasteiger partial charge >= 0.3 is 0 Å². The van der Waals surface area contributed by atoms with Crippen LogP contribution in [0.5, 0.6) is 0 Å². The van der Waals surface area contributed by atoms with Crippen molar-refractivity contribution in [3.63, 3.8) is 0 Å².